The van der Waals surface area contributed by atoms with Crippen molar-refractivity contribution in [3.05, 3.63) is 108 Å². The highest BCUT2D eigenvalue weighted by Gasteiger charge is 2.10. The molecular weight excluding hydrogens is 431 g/mol. The van der Waals surface area contributed by atoms with Gasteiger partial charge in [0.05, 0.1) is 16.7 Å². The number of amidine groups is 1. The van der Waals surface area contributed by atoms with E-state index in [9.17, 15) is 9.18 Å². The van der Waals surface area contributed by atoms with Gasteiger partial charge in [-0.2, -0.15) is 0 Å². The second kappa shape index (κ2) is 8.95. The number of hydrogen-bond donors (Lipinski definition) is 3. The highest BCUT2D eigenvalue weighted by Crippen LogP contribution is 2.23. The molecule has 0 bridgehead atoms. The number of benzene rings is 3. The number of nitrogens with one attached hydrogen (secondary N) is 2. The maximum absolute atomic E-state index is 13.1. The summed E-state index contributed by atoms with van der Waals surface area (Å²) >= 11 is 0. The molecule has 2 aromatic heterocycles. The Morgan fingerprint density at radius 3 is 2.35 bits per heavy atom. The number of halogens is 1. The van der Waals surface area contributed by atoms with Crippen molar-refractivity contribution < 1.29 is 9.18 Å². The van der Waals surface area contributed by atoms with E-state index in [0.717, 1.165) is 22.2 Å². The average molecular weight is 450 g/mol. The number of rotatable bonds is 5. The van der Waals surface area contributed by atoms with Crippen LogP contribution in [0.4, 0.5) is 15.8 Å². The molecule has 0 atom stereocenters. The number of aliphatic imine (C=N–C) groups is 1. The van der Waals surface area contributed by atoms with E-state index in [1.165, 1.54) is 12.1 Å². The SMILES string of the molecule is NC(=Nc1ccc(F)cc1)c1ccc2nc(-c3ccc(C(=O)Nc4ccncc4)cc3)[nH]c2c1. The van der Waals surface area contributed by atoms with Crippen LogP contribution in [0.25, 0.3) is 22.4 Å². The first-order chi connectivity index (χ1) is 16.5. The molecule has 3 aromatic carbocycles. The van der Waals surface area contributed by atoms with Crippen molar-refractivity contribution in [3.63, 3.8) is 0 Å². The molecule has 166 valence electrons. The van der Waals surface area contributed by atoms with E-state index >= 15 is 0 Å². The van der Waals surface area contributed by atoms with Gasteiger partial charge in [0.2, 0.25) is 0 Å². The molecule has 8 heteroatoms. The molecule has 0 saturated heterocycles. The normalized spacial score (nSPS) is 11.5. The average Bonchev–Trinajstić information content (AvgIpc) is 3.30. The maximum atomic E-state index is 13.1. The second-order valence-corrected chi connectivity index (χ2v) is 7.56. The third kappa shape index (κ3) is 4.51. The van der Waals surface area contributed by atoms with E-state index in [2.05, 4.69) is 25.3 Å². The fourth-order valence-electron chi connectivity index (χ4n) is 3.44. The van der Waals surface area contributed by atoms with Crippen LogP contribution in [0.2, 0.25) is 0 Å². The number of carbonyl (C=O) groups is 1. The number of pyridine rings is 1. The predicted molar refractivity (Wildman–Crippen MR) is 131 cm³/mol. The molecule has 0 aliphatic carbocycles. The molecular formula is C26H19FN6O. The Bertz CT molecular complexity index is 1490. The van der Waals surface area contributed by atoms with Crippen molar-refractivity contribution in [1.29, 1.82) is 0 Å². The molecule has 4 N–H and O–H groups in total. The van der Waals surface area contributed by atoms with Crippen molar-refractivity contribution in [2.45, 2.75) is 0 Å². The van der Waals surface area contributed by atoms with Crippen LogP contribution in [0, 0.1) is 5.82 Å². The minimum Gasteiger partial charge on any atom is -0.383 e. The summed E-state index contributed by atoms with van der Waals surface area (Å²) in [4.78, 5) is 28.7. The van der Waals surface area contributed by atoms with E-state index in [4.69, 9.17) is 5.73 Å². The van der Waals surface area contributed by atoms with Gasteiger partial charge < -0.3 is 16.0 Å². The number of nitrogens with zero attached hydrogens (tertiary/aromatic N) is 3. The minimum atomic E-state index is -0.327. The molecule has 0 unspecified atom stereocenters. The lowest BCUT2D eigenvalue weighted by Crippen LogP contribution is -2.12. The van der Waals surface area contributed by atoms with Gasteiger partial charge in [-0.3, -0.25) is 9.78 Å². The van der Waals surface area contributed by atoms with E-state index in [0.29, 0.717) is 28.6 Å². The van der Waals surface area contributed by atoms with E-state index in [1.54, 1.807) is 48.8 Å². The Kier molecular flexibility index (Phi) is 5.53. The third-order valence-corrected chi connectivity index (χ3v) is 5.21. The zero-order valence-electron chi connectivity index (χ0n) is 17.9. The summed E-state index contributed by atoms with van der Waals surface area (Å²) in [6, 6.07) is 22.0. The molecule has 0 fully saturated rings. The quantitative estimate of drug-likeness (QED) is 0.257. The summed E-state index contributed by atoms with van der Waals surface area (Å²) in [7, 11) is 0. The van der Waals surface area contributed by atoms with Gasteiger partial charge in [0.15, 0.2) is 0 Å². The number of nitrogens with two attached hydrogens (primary N) is 1. The number of anilines is 1. The molecule has 1 amide bonds. The van der Waals surface area contributed by atoms with Gasteiger partial charge in [-0.15, -0.1) is 0 Å². The smallest absolute Gasteiger partial charge is 0.255 e. The van der Waals surface area contributed by atoms with Gasteiger partial charge in [0.25, 0.3) is 5.91 Å². The first-order valence-corrected chi connectivity index (χ1v) is 10.5. The van der Waals surface area contributed by atoms with Crippen molar-refractivity contribution in [1.82, 2.24) is 15.0 Å². The highest BCUT2D eigenvalue weighted by atomic mass is 19.1. The second-order valence-electron chi connectivity index (χ2n) is 7.56. The van der Waals surface area contributed by atoms with Crippen LogP contribution in [0.15, 0.2) is 96.2 Å². The van der Waals surface area contributed by atoms with Crippen molar-refractivity contribution in [3.8, 4) is 11.4 Å². The Morgan fingerprint density at radius 1 is 0.912 bits per heavy atom. The minimum absolute atomic E-state index is 0.206. The summed E-state index contributed by atoms with van der Waals surface area (Å²) in [6.07, 6.45) is 3.24. The lowest BCUT2D eigenvalue weighted by molar-refractivity contribution is 0.102. The van der Waals surface area contributed by atoms with Crippen LogP contribution in [-0.2, 0) is 0 Å². The first-order valence-electron chi connectivity index (χ1n) is 10.5. The van der Waals surface area contributed by atoms with Crippen LogP contribution >= 0.6 is 0 Å². The van der Waals surface area contributed by atoms with Gasteiger partial charge in [-0.1, -0.05) is 12.1 Å². The largest absolute Gasteiger partial charge is 0.383 e. The summed E-state index contributed by atoms with van der Waals surface area (Å²) in [5, 5.41) is 2.83. The van der Waals surface area contributed by atoms with Crippen LogP contribution in [0.1, 0.15) is 15.9 Å². The Labute approximate surface area is 194 Å². The van der Waals surface area contributed by atoms with E-state index in [1.807, 2.05) is 30.3 Å². The Hall–Kier alpha value is -4.85. The van der Waals surface area contributed by atoms with Crippen LogP contribution < -0.4 is 11.1 Å². The molecule has 7 nitrogen and oxygen atoms in total. The number of aromatic amines is 1. The third-order valence-electron chi connectivity index (χ3n) is 5.21. The fourth-order valence-corrected chi connectivity index (χ4v) is 3.44. The number of carbonyl (C=O) groups excluding carboxylic acids is 1. The van der Waals surface area contributed by atoms with Crippen molar-refractivity contribution in [2.75, 3.05) is 5.32 Å². The number of imidazole rings is 1. The zero-order valence-corrected chi connectivity index (χ0v) is 17.9. The highest BCUT2D eigenvalue weighted by molar-refractivity contribution is 6.04. The van der Waals surface area contributed by atoms with Gasteiger partial charge >= 0.3 is 0 Å². The molecule has 0 saturated carbocycles. The zero-order chi connectivity index (χ0) is 23.5. The lowest BCUT2D eigenvalue weighted by Gasteiger charge is -2.05. The lowest BCUT2D eigenvalue weighted by atomic mass is 10.1. The van der Waals surface area contributed by atoms with Gasteiger partial charge in [-0.25, -0.2) is 14.4 Å². The van der Waals surface area contributed by atoms with E-state index in [-0.39, 0.29) is 11.7 Å². The van der Waals surface area contributed by atoms with Gasteiger partial charge in [0, 0.05) is 34.8 Å². The Balaban J connectivity index is 1.36. The molecule has 0 aliphatic rings. The molecule has 5 rings (SSSR count). The maximum Gasteiger partial charge on any atom is 0.255 e. The monoisotopic (exact) mass is 450 g/mol. The summed E-state index contributed by atoms with van der Waals surface area (Å²) in [6.45, 7) is 0. The molecule has 5 aromatic rings. The number of fused-ring (bicyclic) bond motifs is 1. The summed E-state index contributed by atoms with van der Waals surface area (Å²) in [5.41, 5.74) is 11.1. The van der Waals surface area contributed by atoms with Crippen molar-refractivity contribution in [2.24, 2.45) is 10.7 Å². The predicted octanol–water partition coefficient (Wildman–Crippen LogP) is 5.05. The molecule has 0 spiro atoms. The fraction of sp³-hybridized carbons (Fsp3) is 0. The van der Waals surface area contributed by atoms with Crippen LogP contribution in [0.5, 0.6) is 0 Å². The van der Waals surface area contributed by atoms with Gasteiger partial charge in [-0.05, 0) is 66.7 Å². The standard InChI is InChI=1S/C26H19FN6O/c27-19-6-8-20(9-7-19)30-24(28)18-5-10-22-23(15-18)33-25(32-22)16-1-3-17(4-2-16)26(34)31-21-11-13-29-14-12-21/h1-15H,(H2,28,30)(H,32,33)(H,29,31,34). The van der Waals surface area contributed by atoms with Crippen LogP contribution in [-0.4, -0.2) is 26.7 Å². The molecule has 0 aliphatic heterocycles. The number of hydrogen-bond acceptors (Lipinski definition) is 4. The van der Waals surface area contributed by atoms with Gasteiger partial charge in [0.1, 0.15) is 17.5 Å². The van der Waals surface area contributed by atoms with Crippen molar-refractivity contribution >= 4 is 34.2 Å². The number of aromatic nitrogens is 3. The topological polar surface area (TPSA) is 109 Å². The Morgan fingerprint density at radius 2 is 1.62 bits per heavy atom. The number of H-pyrrole nitrogens is 1. The summed E-state index contributed by atoms with van der Waals surface area (Å²) < 4.78 is 13.1. The van der Waals surface area contributed by atoms with Crippen LogP contribution in [0.3, 0.4) is 0 Å². The molecule has 0 radical (unpaired) electrons. The number of amides is 1. The summed E-state index contributed by atoms with van der Waals surface area (Å²) in [5.74, 6) is 0.450. The molecule has 34 heavy (non-hydrogen) atoms. The first kappa shape index (κ1) is 21.0. The van der Waals surface area contributed by atoms with E-state index < -0.39 is 0 Å². The molecule has 2 heterocycles.